The third kappa shape index (κ3) is 2.94. The lowest BCUT2D eigenvalue weighted by molar-refractivity contribution is 0.0548. The lowest BCUT2D eigenvalue weighted by atomic mass is 10.0. The van der Waals surface area contributed by atoms with Gasteiger partial charge in [0.1, 0.15) is 5.82 Å². The molecular weight excluding hydrogens is 337 g/mol. The number of carbonyl (C=O) groups is 1. The van der Waals surface area contributed by atoms with Gasteiger partial charge in [0.05, 0.1) is 28.4 Å². The molecule has 0 atom stereocenters. The predicted molar refractivity (Wildman–Crippen MR) is 93.1 cm³/mol. The van der Waals surface area contributed by atoms with Crippen molar-refractivity contribution in [3.05, 3.63) is 47.4 Å². The van der Waals surface area contributed by atoms with Crippen LogP contribution in [0.3, 0.4) is 0 Å². The summed E-state index contributed by atoms with van der Waals surface area (Å²) in [6.45, 7) is 2.77. The SMILES string of the molecule is Cc1noc2nc(-c3ccc(F)cc3)cc(C(=O)N3CCC(O)CC3)c12. The number of amides is 1. The lowest BCUT2D eigenvalue weighted by Gasteiger charge is -2.29. The number of aromatic nitrogens is 2. The molecule has 0 radical (unpaired) electrons. The Morgan fingerprint density at radius 2 is 1.96 bits per heavy atom. The molecule has 3 aromatic rings. The number of aliphatic hydroxyl groups is 1. The number of aliphatic hydroxyl groups excluding tert-OH is 1. The van der Waals surface area contributed by atoms with Crippen molar-refractivity contribution < 1.29 is 18.8 Å². The molecule has 1 amide bonds. The maximum atomic E-state index is 13.2. The molecule has 0 unspecified atom stereocenters. The molecule has 6 nitrogen and oxygen atoms in total. The Morgan fingerprint density at radius 3 is 2.65 bits per heavy atom. The van der Waals surface area contributed by atoms with Gasteiger partial charge >= 0.3 is 0 Å². The van der Waals surface area contributed by atoms with Gasteiger partial charge in [0.25, 0.3) is 11.6 Å². The minimum Gasteiger partial charge on any atom is -0.393 e. The van der Waals surface area contributed by atoms with Crippen molar-refractivity contribution >= 4 is 17.0 Å². The monoisotopic (exact) mass is 355 g/mol. The van der Waals surface area contributed by atoms with Crippen molar-refractivity contribution in [1.29, 1.82) is 0 Å². The minimum atomic E-state index is -0.358. The average Bonchev–Trinajstić information content (AvgIpc) is 3.03. The molecule has 26 heavy (non-hydrogen) atoms. The van der Waals surface area contributed by atoms with E-state index in [1.807, 2.05) is 0 Å². The number of carbonyl (C=O) groups excluding carboxylic acids is 1. The summed E-state index contributed by atoms with van der Waals surface area (Å²) in [6, 6.07) is 7.62. The van der Waals surface area contributed by atoms with E-state index in [-0.39, 0.29) is 23.5 Å². The number of fused-ring (bicyclic) bond motifs is 1. The molecule has 1 N–H and O–H groups in total. The Balaban J connectivity index is 1.80. The highest BCUT2D eigenvalue weighted by molar-refractivity contribution is 6.07. The van der Waals surface area contributed by atoms with Crippen LogP contribution in [0.1, 0.15) is 28.9 Å². The molecule has 7 heteroatoms. The third-order valence-corrected chi connectivity index (χ3v) is 4.74. The van der Waals surface area contributed by atoms with Gasteiger partial charge in [0.2, 0.25) is 0 Å². The van der Waals surface area contributed by atoms with Gasteiger partial charge in [-0.1, -0.05) is 5.16 Å². The fraction of sp³-hybridized carbons (Fsp3) is 0.316. The second-order valence-corrected chi connectivity index (χ2v) is 6.53. The van der Waals surface area contributed by atoms with Gasteiger partial charge < -0.3 is 14.5 Å². The number of hydrogen-bond acceptors (Lipinski definition) is 5. The first-order valence-corrected chi connectivity index (χ1v) is 8.53. The first-order chi connectivity index (χ1) is 12.5. The summed E-state index contributed by atoms with van der Waals surface area (Å²) in [7, 11) is 0. The standard InChI is InChI=1S/C19H18FN3O3/c1-11-17-15(19(25)23-8-6-14(24)7-9-23)10-16(21-18(17)26-22-11)12-2-4-13(20)5-3-12/h2-5,10,14,24H,6-9H2,1H3. The van der Waals surface area contributed by atoms with E-state index in [9.17, 15) is 14.3 Å². The van der Waals surface area contributed by atoms with E-state index in [0.29, 0.717) is 53.8 Å². The zero-order valence-corrected chi connectivity index (χ0v) is 14.3. The Hall–Kier alpha value is -2.80. The van der Waals surface area contributed by atoms with Gasteiger partial charge in [0, 0.05) is 18.7 Å². The molecule has 0 aliphatic carbocycles. The topological polar surface area (TPSA) is 79.5 Å². The van der Waals surface area contributed by atoms with E-state index in [1.165, 1.54) is 12.1 Å². The zero-order chi connectivity index (χ0) is 18.3. The van der Waals surface area contributed by atoms with Crippen molar-refractivity contribution in [3.8, 4) is 11.3 Å². The molecule has 1 aromatic carbocycles. The first-order valence-electron chi connectivity index (χ1n) is 8.53. The zero-order valence-electron chi connectivity index (χ0n) is 14.3. The number of nitrogens with zero attached hydrogens (tertiary/aromatic N) is 3. The Bertz CT molecular complexity index is 960. The minimum absolute atomic E-state index is 0.140. The highest BCUT2D eigenvalue weighted by atomic mass is 19.1. The summed E-state index contributed by atoms with van der Waals surface area (Å²) in [5.41, 5.74) is 2.55. The molecule has 2 aromatic heterocycles. The van der Waals surface area contributed by atoms with Crippen LogP contribution in [-0.4, -0.2) is 45.2 Å². The smallest absolute Gasteiger partial charge is 0.259 e. The van der Waals surface area contributed by atoms with Gasteiger partial charge in [-0.05, 0) is 50.1 Å². The second kappa shape index (κ2) is 6.49. The summed E-state index contributed by atoms with van der Waals surface area (Å²) in [4.78, 5) is 19.3. The summed E-state index contributed by atoms with van der Waals surface area (Å²) in [5.74, 6) is -0.479. The van der Waals surface area contributed by atoms with Crippen LogP contribution in [0.5, 0.6) is 0 Å². The normalized spacial score (nSPS) is 15.6. The molecule has 1 aliphatic heterocycles. The van der Waals surface area contributed by atoms with Crippen LogP contribution in [0, 0.1) is 12.7 Å². The Morgan fingerprint density at radius 1 is 1.27 bits per heavy atom. The predicted octanol–water partition coefficient (Wildman–Crippen LogP) is 2.93. The van der Waals surface area contributed by atoms with Crippen molar-refractivity contribution in [2.45, 2.75) is 25.9 Å². The van der Waals surface area contributed by atoms with Crippen LogP contribution in [0.25, 0.3) is 22.4 Å². The fourth-order valence-corrected chi connectivity index (χ4v) is 3.27. The maximum Gasteiger partial charge on any atom is 0.259 e. The van der Waals surface area contributed by atoms with E-state index >= 15 is 0 Å². The van der Waals surface area contributed by atoms with Crippen LogP contribution in [0.4, 0.5) is 4.39 Å². The van der Waals surface area contributed by atoms with E-state index < -0.39 is 0 Å². The van der Waals surface area contributed by atoms with Crippen molar-refractivity contribution in [3.63, 3.8) is 0 Å². The van der Waals surface area contributed by atoms with Crippen LogP contribution in [0.2, 0.25) is 0 Å². The average molecular weight is 355 g/mol. The summed E-state index contributed by atoms with van der Waals surface area (Å²) >= 11 is 0. The van der Waals surface area contributed by atoms with Gasteiger partial charge in [-0.2, -0.15) is 0 Å². The highest BCUT2D eigenvalue weighted by Crippen LogP contribution is 2.28. The first kappa shape index (κ1) is 16.7. The quantitative estimate of drug-likeness (QED) is 0.765. The molecule has 0 spiro atoms. The van der Waals surface area contributed by atoms with Crippen molar-refractivity contribution in [2.75, 3.05) is 13.1 Å². The number of likely N-dealkylation sites (tertiary alicyclic amines) is 1. The molecule has 0 saturated carbocycles. The summed E-state index contributed by atoms with van der Waals surface area (Å²) in [5, 5.41) is 14.2. The Labute approximate surface area is 149 Å². The molecular formula is C19H18FN3O3. The summed E-state index contributed by atoms with van der Waals surface area (Å²) < 4.78 is 18.5. The number of rotatable bonds is 2. The highest BCUT2D eigenvalue weighted by Gasteiger charge is 2.26. The van der Waals surface area contributed by atoms with Crippen molar-refractivity contribution in [2.24, 2.45) is 0 Å². The van der Waals surface area contributed by atoms with Crippen LogP contribution < -0.4 is 0 Å². The lowest BCUT2D eigenvalue weighted by Crippen LogP contribution is -2.40. The number of piperidine rings is 1. The third-order valence-electron chi connectivity index (χ3n) is 4.74. The van der Waals surface area contributed by atoms with Gasteiger partial charge in [-0.3, -0.25) is 4.79 Å². The van der Waals surface area contributed by atoms with Gasteiger partial charge in [-0.25, -0.2) is 9.37 Å². The molecule has 1 saturated heterocycles. The second-order valence-electron chi connectivity index (χ2n) is 6.53. The molecule has 3 heterocycles. The van der Waals surface area contributed by atoms with Crippen molar-refractivity contribution in [1.82, 2.24) is 15.0 Å². The van der Waals surface area contributed by atoms with E-state index in [2.05, 4.69) is 10.1 Å². The maximum absolute atomic E-state index is 13.2. The molecule has 4 rings (SSSR count). The number of halogens is 1. The van der Waals surface area contributed by atoms with Crippen LogP contribution in [0.15, 0.2) is 34.9 Å². The summed E-state index contributed by atoms with van der Waals surface area (Å²) in [6.07, 6.45) is 0.768. The number of hydrogen-bond donors (Lipinski definition) is 1. The Kier molecular flexibility index (Phi) is 4.16. The van der Waals surface area contributed by atoms with E-state index in [0.717, 1.165) is 0 Å². The van der Waals surface area contributed by atoms with E-state index in [1.54, 1.807) is 30.0 Å². The molecule has 0 bridgehead atoms. The molecule has 1 aliphatic rings. The van der Waals surface area contributed by atoms with Crippen LogP contribution >= 0.6 is 0 Å². The van der Waals surface area contributed by atoms with Gasteiger partial charge in [0.15, 0.2) is 0 Å². The van der Waals surface area contributed by atoms with Gasteiger partial charge in [-0.15, -0.1) is 0 Å². The fourth-order valence-electron chi connectivity index (χ4n) is 3.27. The largest absolute Gasteiger partial charge is 0.393 e. The number of benzene rings is 1. The molecule has 1 fully saturated rings. The van der Waals surface area contributed by atoms with E-state index in [4.69, 9.17) is 4.52 Å². The molecule has 134 valence electrons. The van der Waals surface area contributed by atoms with Crippen LogP contribution in [-0.2, 0) is 0 Å². The number of aryl methyl sites for hydroxylation is 1. The number of pyridine rings is 1.